The summed E-state index contributed by atoms with van der Waals surface area (Å²) in [6.45, 7) is -0.293. The fraction of sp³-hybridized carbons (Fsp3) is 0.308. The molecular weight excluding hydrogens is 319 g/mol. The van der Waals surface area contributed by atoms with E-state index in [4.69, 9.17) is 27.9 Å². The van der Waals surface area contributed by atoms with E-state index in [2.05, 4.69) is 10.6 Å². The van der Waals surface area contributed by atoms with E-state index < -0.39 is 17.9 Å². The summed E-state index contributed by atoms with van der Waals surface area (Å²) >= 11 is 11.6. The van der Waals surface area contributed by atoms with E-state index in [0.717, 1.165) is 0 Å². The number of ether oxygens (including phenoxy) is 1. The van der Waals surface area contributed by atoms with E-state index >= 15 is 0 Å². The van der Waals surface area contributed by atoms with Crippen molar-refractivity contribution in [2.24, 2.45) is 0 Å². The van der Waals surface area contributed by atoms with Crippen LogP contribution in [0, 0.1) is 0 Å². The van der Waals surface area contributed by atoms with Gasteiger partial charge in [-0.25, -0.2) is 0 Å². The molecule has 2 N–H and O–H groups in total. The summed E-state index contributed by atoms with van der Waals surface area (Å²) in [6, 6.07) is 3.90. The topological polar surface area (TPSA) is 84.5 Å². The molecule has 1 aromatic carbocycles. The molecule has 1 aliphatic heterocycles. The summed E-state index contributed by atoms with van der Waals surface area (Å²) in [5, 5.41) is 5.39. The fourth-order valence-corrected chi connectivity index (χ4v) is 2.27. The van der Waals surface area contributed by atoms with E-state index in [1.165, 1.54) is 6.07 Å². The SMILES string of the molecule is O=C1CCC(NC(=O)COc2ccc(Cl)cc2Cl)C(=O)N1. The molecule has 1 heterocycles. The van der Waals surface area contributed by atoms with Gasteiger partial charge in [-0.3, -0.25) is 19.7 Å². The second kappa shape index (κ2) is 6.78. The maximum Gasteiger partial charge on any atom is 0.258 e. The van der Waals surface area contributed by atoms with E-state index in [1.54, 1.807) is 12.1 Å². The molecule has 21 heavy (non-hydrogen) atoms. The lowest BCUT2D eigenvalue weighted by molar-refractivity contribution is -0.137. The standard InChI is InChI=1S/C13H12Cl2N2O4/c14-7-1-3-10(8(15)5-7)21-6-12(19)16-9-2-4-11(18)17-13(9)20/h1,3,5,9H,2,4,6H2,(H,16,19)(H,17,18,20). The van der Waals surface area contributed by atoms with Crippen LogP contribution in [0.4, 0.5) is 0 Å². The lowest BCUT2D eigenvalue weighted by Crippen LogP contribution is -2.53. The van der Waals surface area contributed by atoms with Gasteiger partial charge in [0.15, 0.2) is 6.61 Å². The molecule has 8 heteroatoms. The summed E-state index contributed by atoms with van der Waals surface area (Å²) in [6.07, 6.45) is 0.471. The van der Waals surface area contributed by atoms with Crippen molar-refractivity contribution in [1.82, 2.24) is 10.6 Å². The molecule has 1 fully saturated rings. The van der Waals surface area contributed by atoms with Crippen molar-refractivity contribution in [2.45, 2.75) is 18.9 Å². The van der Waals surface area contributed by atoms with E-state index in [9.17, 15) is 14.4 Å². The van der Waals surface area contributed by atoms with Crippen molar-refractivity contribution < 1.29 is 19.1 Å². The van der Waals surface area contributed by atoms with Gasteiger partial charge >= 0.3 is 0 Å². The molecule has 0 radical (unpaired) electrons. The normalized spacial score (nSPS) is 18.1. The van der Waals surface area contributed by atoms with Gasteiger partial charge < -0.3 is 10.1 Å². The largest absolute Gasteiger partial charge is 0.482 e. The fourth-order valence-electron chi connectivity index (χ4n) is 1.80. The molecule has 0 aliphatic carbocycles. The Kier molecular flexibility index (Phi) is 5.03. The minimum absolute atomic E-state index is 0.195. The molecular formula is C13H12Cl2N2O4. The van der Waals surface area contributed by atoms with Crippen LogP contribution < -0.4 is 15.4 Å². The third kappa shape index (κ3) is 4.34. The number of nitrogens with one attached hydrogen (secondary N) is 2. The van der Waals surface area contributed by atoms with E-state index in [1.807, 2.05) is 0 Å². The second-order valence-electron chi connectivity index (χ2n) is 4.43. The Morgan fingerprint density at radius 3 is 2.81 bits per heavy atom. The number of carbonyl (C=O) groups is 3. The van der Waals surface area contributed by atoms with Crippen LogP contribution in [0.5, 0.6) is 5.75 Å². The number of imide groups is 1. The molecule has 6 nitrogen and oxygen atoms in total. The molecule has 0 bridgehead atoms. The van der Waals surface area contributed by atoms with Crippen molar-refractivity contribution in [1.29, 1.82) is 0 Å². The number of rotatable bonds is 4. The van der Waals surface area contributed by atoms with Crippen LogP contribution in [0.3, 0.4) is 0 Å². The second-order valence-corrected chi connectivity index (χ2v) is 5.28. The van der Waals surface area contributed by atoms with Gasteiger partial charge in [0.05, 0.1) is 5.02 Å². The highest BCUT2D eigenvalue weighted by Gasteiger charge is 2.27. The van der Waals surface area contributed by atoms with Crippen LogP contribution in [0.15, 0.2) is 18.2 Å². The van der Waals surface area contributed by atoms with Crippen molar-refractivity contribution in [3.05, 3.63) is 28.2 Å². The molecule has 1 aromatic rings. The third-order valence-electron chi connectivity index (χ3n) is 2.83. The highest BCUT2D eigenvalue weighted by atomic mass is 35.5. The molecule has 1 unspecified atom stereocenters. The zero-order chi connectivity index (χ0) is 15.4. The predicted octanol–water partition coefficient (Wildman–Crippen LogP) is 1.29. The molecule has 1 aliphatic rings. The molecule has 112 valence electrons. The van der Waals surface area contributed by atoms with Crippen LogP contribution in [0.25, 0.3) is 0 Å². The minimum atomic E-state index is -0.723. The van der Waals surface area contributed by atoms with Crippen molar-refractivity contribution >= 4 is 40.9 Å². The lowest BCUT2D eigenvalue weighted by Gasteiger charge is -2.21. The van der Waals surface area contributed by atoms with E-state index in [0.29, 0.717) is 10.8 Å². The molecule has 0 spiro atoms. The predicted molar refractivity (Wildman–Crippen MR) is 76.3 cm³/mol. The Bertz CT molecular complexity index is 592. The Hall–Kier alpha value is -1.79. The maximum absolute atomic E-state index is 11.7. The van der Waals surface area contributed by atoms with Gasteiger partial charge in [0.2, 0.25) is 11.8 Å². The Balaban J connectivity index is 1.85. The van der Waals surface area contributed by atoms with Gasteiger partial charge in [0, 0.05) is 11.4 Å². The first-order valence-electron chi connectivity index (χ1n) is 6.16. The zero-order valence-electron chi connectivity index (χ0n) is 10.8. The highest BCUT2D eigenvalue weighted by molar-refractivity contribution is 6.35. The lowest BCUT2D eigenvalue weighted by atomic mass is 10.1. The highest BCUT2D eigenvalue weighted by Crippen LogP contribution is 2.27. The van der Waals surface area contributed by atoms with Gasteiger partial charge in [-0.05, 0) is 24.6 Å². The molecule has 3 amide bonds. The monoisotopic (exact) mass is 330 g/mol. The van der Waals surface area contributed by atoms with Gasteiger partial charge in [-0.15, -0.1) is 0 Å². The van der Waals surface area contributed by atoms with Crippen molar-refractivity contribution in [2.75, 3.05) is 6.61 Å². The Morgan fingerprint density at radius 1 is 1.38 bits per heavy atom. The molecule has 1 atom stereocenters. The first-order chi connectivity index (χ1) is 9.95. The van der Waals surface area contributed by atoms with Gasteiger partial charge in [0.1, 0.15) is 11.8 Å². The Morgan fingerprint density at radius 2 is 2.14 bits per heavy atom. The van der Waals surface area contributed by atoms with Gasteiger partial charge in [0.25, 0.3) is 5.91 Å². The molecule has 1 saturated heterocycles. The van der Waals surface area contributed by atoms with Crippen LogP contribution in [0.1, 0.15) is 12.8 Å². The van der Waals surface area contributed by atoms with Gasteiger partial charge in [-0.2, -0.15) is 0 Å². The third-order valence-corrected chi connectivity index (χ3v) is 3.36. The van der Waals surface area contributed by atoms with Gasteiger partial charge in [-0.1, -0.05) is 23.2 Å². The molecule has 0 saturated carbocycles. The number of benzene rings is 1. The summed E-state index contributed by atoms with van der Waals surface area (Å²) < 4.78 is 5.25. The van der Waals surface area contributed by atoms with Crippen LogP contribution in [-0.4, -0.2) is 30.4 Å². The minimum Gasteiger partial charge on any atom is -0.482 e. The smallest absolute Gasteiger partial charge is 0.258 e. The van der Waals surface area contributed by atoms with Crippen LogP contribution in [-0.2, 0) is 14.4 Å². The Labute approximate surface area is 130 Å². The molecule has 0 aromatic heterocycles. The summed E-state index contributed by atoms with van der Waals surface area (Å²) in [4.78, 5) is 34.2. The average Bonchev–Trinajstić information content (AvgIpc) is 2.41. The first kappa shape index (κ1) is 15.6. The number of piperidine rings is 1. The number of halogens is 2. The van der Waals surface area contributed by atoms with Crippen molar-refractivity contribution in [3.8, 4) is 5.75 Å². The van der Waals surface area contributed by atoms with Crippen LogP contribution in [0.2, 0.25) is 10.0 Å². The summed E-state index contributed by atoms with van der Waals surface area (Å²) in [5.74, 6) is -1.01. The molecule has 2 rings (SSSR count). The van der Waals surface area contributed by atoms with Crippen molar-refractivity contribution in [3.63, 3.8) is 0 Å². The maximum atomic E-state index is 11.7. The number of amides is 3. The van der Waals surface area contributed by atoms with E-state index in [-0.39, 0.29) is 30.4 Å². The first-order valence-corrected chi connectivity index (χ1v) is 6.92. The van der Waals surface area contributed by atoms with Crippen LogP contribution >= 0.6 is 23.2 Å². The zero-order valence-corrected chi connectivity index (χ0v) is 12.3. The number of carbonyl (C=O) groups excluding carboxylic acids is 3. The summed E-state index contributed by atoms with van der Waals surface area (Å²) in [7, 11) is 0. The quantitative estimate of drug-likeness (QED) is 0.815. The number of hydrogen-bond acceptors (Lipinski definition) is 4. The summed E-state index contributed by atoms with van der Waals surface area (Å²) in [5.41, 5.74) is 0. The average molecular weight is 331 g/mol. The number of hydrogen-bond donors (Lipinski definition) is 2.